The molecule has 2 heterocycles. The van der Waals surface area contributed by atoms with E-state index >= 15 is 0 Å². The Balaban J connectivity index is 1.82. The van der Waals surface area contributed by atoms with E-state index < -0.39 is 32.3 Å². The molecule has 0 bridgehead atoms. The first-order chi connectivity index (χ1) is 15.0. The maximum Gasteiger partial charge on any atom is 0.416 e. The third-order valence-electron chi connectivity index (χ3n) is 4.89. The lowest BCUT2D eigenvalue weighted by molar-refractivity contribution is -0.138. The van der Waals surface area contributed by atoms with Crippen molar-refractivity contribution in [2.45, 2.75) is 24.0 Å². The largest absolute Gasteiger partial charge is 0.416 e. The van der Waals surface area contributed by atoms with Crippen molar-refractivity contribution in [3.05, 3.63) is 85.5 Å². The summed E-state index contributed by atoms with van der Waals surface area (Å²) >= 11 is 2.02. The Kier molecular flexibility index (Phi) is 5.61. The first-order valence-electron chi connectivity index (χ1n) is 9.10. The Labute approximate surface area is 193 Å². The van der Waals surface area contributed by atoms with E-state index in [1.165, 1.54) is 31.5 Å². The summed E-state index contributed by atoms with van der Waals surface area (Å²) < 4.78 is 68.4. The average Bonchev–Trinajstić information content (AvgIpc) is 3.16. The van der Waals surface area contributed by atoms with E-state index in [-0.39, 0.29) is 22.7 Å². The minimum absolute atomic E-state index is 0.0126. The molecule has 0 aliphatic carbocycles. The summed E-state index contributed by atoms with van der Waals surface area (Å²) in [7, 11) is -3.96. The number of hydrogen-bond donors (Lipinski definition) is 0. The van der Waals surface area contributed by atoms with Crippen molar-refractivity contribution < 1.29 is 21.6 Å². The second-order valence-electron chi connectivity index (χ2n) is 6.95. The van der Waals surface area contributed by atoms with Gasteiger partial charge in [-0.05, 0) is 58.8 Å². The third kappa shape index (κ3) is 3.92. The molecule has 0 unspecified atom stereocenters. The molecule has 0 N–H and O–H groups in total. The summed E-state index contributed by atoms with van der Waals surface area (Å²) in [5.74, 6) is -0.345. The Hall–Kier alpha value is -2.74. The molecule has 0 saturated carbocycles. The van der Waals surface area contributed by atoms with Crippen molar-refractivity contribution >= 4 is 38.1 Å². The Morgan fingerprint density at radius 1 is 1.03 bits per heavy atom. The van der Waals surface area contributed by atoms with Crippen LogP contribution in [0.3, 0.4) is 0 Å². The molecule has 0 aliphatic rings. The second kappa shape index (κ2) is 7.99. The van der Waals surface area contributed by atoms with Crippen LogP contribution in [-0.2, 0) is 21.8 Å². The van der Waals surface area contributed by atoms with Gasteiger partial charge in [0.25, 0.3) is 5.16 Å². The fourth-order valence-corrected chi connectivity index (χ4v) is 5.58. The van der Waals surface area contributed by atoms with Crippen molar-refractivity contribution in [2.75, 3.05) is 0 Å². The van der Waals surface area contributed by atoms with Gasteiger partial charge in [0.1, 0.15) is 0 Å². The van der Waals surface area contributed by atoms with Crippen molar-refractivity contribution in [1.82, 2.24) is 19.2 Å². The molecule has 32 heavy (non-hydrogen) atoms. The van der Waals surface area contributed by atoms with E-state index in [0.29, 0.717) is 5.56 Å². The van der Waals surface area contributed by atoms with E-state index in [1.807, 2.05) is 22.6 Å². The number of benzene rings is 2. The van der Waals surface area contributed by atoms with E-state index in [1.54, 1.807) is 24.3 Å². The van der Waals surface area contributed by atoms with Gasteiger partial charge in [0.2, 0.25) is 15.5 Å². The predicted molar refractivity (Wildman–Crippen MR) is 118 cm³/mol. The molecule has 0 amide bonds. The molecular weight excluding hydrogens is 560 g/mol. The van der Waals surface area contributed by atoms with Crippen LogP contribution < -0.4 is 5.56 Å². The SMILES string of the molecule is Cc1c(-n2ccn3c(S(=O)(=O)Cc4ccccc4I)nnc3c2=O)cccc1C(F)(F)F. The average molecular weight is 574 g/mol. The van der Waals surface area contributed by atoms with Crippen molar-refractivity contribution in [3.63, 3.8) is 0 Å². The summed E-state index contributed by atoms with van der Waals surface area (Å²) in [4.78, 5) is 13.0. The zero-order valence-corrected chi connectivity index (χ0v) is 19.3. The summed E-state index contributed by atoms with van der Waals surface area (Å²) in [5.41, 5.74) is -1.54. The van der Waals surface area contributed by atoms with Crippen LogP contribution in [0.1, 0.15) is 16.7 Å². The van der Waals surface area contributed by atoms with Gasteiger partial charge in [0.15, 0.2) is 0 Å². The van der Waals surface area contributed by atoms with Gasteiger partial charge in [-0.2, -0.15) is 13.2 Å². The molecule has 0 atom stereocenters. The standard InChI is InChI=1S/C20H14F3IN4O3S/c1-12-14(20(21,22)23)6-4-8-16(12)27-9-10-28-17(18(27)29)25-26-19(28)32(30,31)11-13-5-2-3-7-15(13)24/h2-10H,11H2,1H3. The molecule has 0 saturated heterocycles. The van der Waals surface area contributed by atoms with Crippen LogP contribution in [-0.4, -0.2) is 27.6 Å². The molecule has 4 aromatic rings. The van der Waals surface area contributed by atoms with Crippen LogP contribution in [0.15, 0.2) is 64.8 Å². The number of halogens is 4. The zero-order valence-electron chi connectivity index (χ0n) is 16.3. The van der Waals surface area contributed by atoms with E-state index in [0.717, 1.165) is 18.6 Å². The highest BCUT2D eigenvalue weighted by Gasteiger charge is 2.33. The fraction of sp³-hybridized carbons (Fsp3) is 0.150. The summed E-state index contributed by atoms with van der Waals surface area (Å²) in [6, 6.07) is 10.4. The van der Waals surface area contributed by atoms with Crippen molar-refractivity contribution in [1.29, 1.82) is 0 Å². The van der Waals surface area contributed by atoms with Gasteiger partial charge >= 0.3 is 11.7 Å². The van der Waals surface area contributed by atoms with Crippen LogP contribution in [0.25, 0.3) is 11.3 Å². The Bertz CT molecular complexity index is 1510. The van der Waals surface area contributed by atoms with Gasteiger partial charge in [-0.15, -0.1) is 10.2 Å². The highest BCUT2D eigenvalue weighted by atomic mass is 127. The predicted octanol–water partition coefficient (Wildman–Crippen LogP) is 3.79. The molecule has 0 spiro atoms. The van der Waals surface area contributed by atoms with Crippen molar-refractivity contribution in [3.8, 4) is 5.69 Å². The van der Waals surface area contributed by atoms with Crippen LogP contribution >= 0.6 is 22.6 Å². The molecule has 4 rings (SSSR count). The lowest BCUT2D eigenvalue weighted by atomic mass is 10.1. The highest BCUT2D eigenvalue weighted by Crippen LogP contribution is 2.33. The van der Waals surface area contributed by atoms with Gasteiger partial charge in [-0.3, -0.25) is 13.8 Å². The minimum Gasteiger partial charge on any atom is -0.279 e. The number of sulfone groups is 1. The van der Waals surface area contributed by atoms with Gasteiger partial charge in [0.05, 0.1) is 17.0 Å². The molecular formula is C20H14F3IN4O3S. The van der Waals surface area contributed by atoms with Crippen LogP contribution in [0, 0.1) is 10.5 Å². The molecule has 166 valence electrons. The number of nitrogens with zero attached hydrogens (tertiary/aromatic N) is 4. The fourth-order valence-electron chi connectivity index (χ4n) is 3.34. The smallest absolute Gasteiger partial charge is 0.279 e. The third-order valence-corrected chi connectivity index (χ3v) is 7.47. The maximum atomic E-state index is 13.3. The summed E-state index contributed by atoms with van der Waals surface area (Å²) in [6.07, 6.45) is -2.13. The molecule has 2 aromatic heterocycles. The van der Waals surface area contributed by atoms with Gasteiger partial charge in [-0.1, -0.05) is 24.3 Å². The van der Waals surface area contributed by atoms with E-state index in [9.17, 15) is 26.4 Å². The van der Waals surface area contributed by atoms with Crippen LogP contribution in [0.4, 0.5) is 13.2 Å². The van der Waals surface area contributed by atoms with E-state index in [4.69, 9.17) is 0 Å². The number of hydrogen-bond acceptors (Lipinski definition) is 5. The number of alkyl halides is 3. The topological polar surface area (TPSA) is 86.3 Å². The summed E-state index contributed by atoms with van der Waals surface area (Å²) in [5, 5.41) is 6.99. The van der Waals surface area contributed by atoms with Crippen molar-refractivity contribution in [2.24, 2.45) is 0 Å². The summed E-state index contributed by atoms with van der Waals surface area (Å²) in [6.45, 7) is 1.26. The monoisotopic (exact) mass is 574 g/mol. The quantitative estimate of drug-likeness (QED) is 0.347. The minimum atomic E-state index is -4.58. The first-order valence-corrected chi connectivity index (χ1v) is 11.8. The molecule has 7 nitrogen and oxygen atoms in total. The zero-order chi connectivity index (χ0) is 23.3. The van der Waals surface area contributed by atoms with Gasteiger partial charge in [0, 0.05) is 16.0 Å². The van der Waals surface area contributed by atoms with Crippen LogP contribution in [0.2, 0.25) is 0 Å². The highest BCUT2D eigenvalue weighted by molar-refractivity contribution is 14.1. The lowest BCUT2D eigenvalue weighted by Gasteiger charge is -2.15. The maximum absolute atomic E-state index is 13.3. The Morgan fingerprint density at radius 3 is 2.44 bits per heavy atom. The second-order valence-corrected chi connectivity index (χ2v) is 9.99. The van der Waals surface area contributed by atoms with Gasteiger partial charge < -0.3 is 0 Å². The lowest BCUT2D eigenvalue weighted by Crippen LogP contribution is -2.22. The molecule has 12 heteroatoms. The van der Waals surface area contributed by atoms with Crippen LogP contribution in [0.5, 0.6) is 0 Å². The molecule has 0 aliphatic heterocycles. The Morgan fingerprint density at radius 2 is 1.75 bits per heavy atom. The number of aromatic nitrogens is 4. The van der Waals surface area contributed by atoms with Gasteiger partial charge in [-0.25, -0.2) is 8.42 Å². The number of rotatable bonds is 4. The van der Waals surface area contributed by atoms with E-state index in [2.05, 4.69) is 10.2 Å². The molecule has 0 radical (unpaired) electrons. The normalized spacial score (nSPS) is 12.4. The molecule has 0 fully saturated rings. The first kappa shape index (κ1) is 22.5. The number of fused-ring (bicyclic) bond motifs is 1. The molecule has 2 aromatic carbocycles.